The lowest BCUT2D eigenvalue weighted by atomic mass is 9.89. The van der Waals surface area contributed by atoms with Gasteiger partial charge in [-0.05, 0) is 112 Å². The highest BCUT2D eigenvalue weighted by Crippen LogP contribution is 2.51. The molecule has 7 aromatic carbocycles. The average molecular weight is 689 g/mol. The minimum atomic E-state index is 0.172. The first-order valence-corrected chi connectivity index (χ1v) is 18.8. The van der Waals surface area contributed by atoms with Crippen LogP contribution in [0.3, 0.4) is 0 Å². The third-order valence-corrected chi connectivity index (χ3v) is 11.6. The molecule has 2 heterocycles. The van der Waals surface area contributed by atoms with Gasteiger partial charge in [-0.15, -0.1) is 0 Å². The van der Waals surface area contributed by atoms with Crippen LogP contribution in [0.1, 0.15) is 29.0 Å². The number of hydrogen-bond acceptors (Lipinski definition) is 0. The average Bonchev–Trinajstić information content (AvgIpc) is 3.86. The lowest BCUT2D eigenvalue weighted by molar-refractivity contribution is 1.02. The third-order valence-electron chi connectivity index (χ3n) is 11.6. The van der Waals surface area contributed by atoms with E-state index >= 15 is 0 Å². The third kappa shape index (κ3) is 4.53. The number of allylic oxidation sites excluding steroid dienone is 7. The number of benzene rings is 7. The summed E-state index contributed by atoms with van der Waals surface area (Å²) in [6.45, 7) is 4.38. The highest BCUT2D eigenvalue weighted by molar-refractivity contribution is 6.15. The van der Waals surface area contributed by atoms with E-state index in [1.807, 2.05) is 6.08 Å². The molecule has 0 fully saturated rings. The predicted octanol–water partition coefficient (Wildman–Crippen LogP) is 13.6. The molecular weight excluding hydrogens is 653 g/mol. The van der Waals surface area contributed by atoms with Crippen LogP contribution < -0.4 is 0 Å². The van der Waals surface area contributed by atoms with Gasteiger partial charge in [0, 0.05) is 38.8 Å². The summed E-state index contributed by atoms with van der Waals surface area (Å²) in [6, 6.07) is 58.3. The maximum absolute atomic E-state index is 4.38. The molecule has 11 rings (SSSR count). The molecule has 254 valence electrons. The van der Waals surface area contributed by atoms with E-state index in [1.165, 1.54) is 93.8 Å². The van der Waals surface area contributed by atoms with E-state index in [-0.39, 0.29) is 5.92 Å². The molecule has 0 saturated heterocycles. The Morgan fingerprint density at radius 2 is 1.20 bits per heavy atom. The summed E-state index contributed by atoms with van der Waals surface area (Å²) in [4.78, 5) is 0. The number of para-hydroxylation sites is 2. The lowest BCUT2D eigenvalue weighted by Gasteiger charge is -2.17. The zero-order chi connectivity index (χ0) is 35.8. The molecule has 2 aromatic heterocycles. The number of aromatic nitrogens is 2. The van der Waals surface area contributed by atoms with Gasteiger partial charge in [0.15, 0.2) is 0 Å². The van der Waals surface area contributed by atoms with Crippen molar-refractivity contribution in [3.63, 3.8) is 0 Å². The van der Waals surface area contributed by atoms with E-state index in [2.05, 4.69) is 198 Å². The Morgan fingerprint density at radius 3 is 1.98 bits per heavy atom. The zero-order valence-electron chi connectivity index (χ0n) is 29.8. The van der Waals surface area contributed by atoms with Crippen LogP contribution in [0.2, 0.25) is 0 Å². The van der Waals surface area contributed by atoms with Gasteiger partial charge in [0.25, 0.3) is 0 Å². The van der Waals surface area contributed by atoms with Crippen LogP contribution in [0.4, 0.5) is 0 Å². The fourth-order valence-electron chi connectivity index (χ4n) is 9.24. The van der Waals surface area contributed by atoms with Crippen molar-refractivity contribution in [3.05, 3.63) is 217 Å². The SMILES string of the molecule is C=C/C(=C1/C=CC=CC1)n1c2ccc(-c3ccc4c(c3)c3ccccc3n4-c3ccccc3)cc2c2cc3c(cc21)C(c1ccccc1)c1ccccc1-3. The summed E-state index contributed by atoms with van der Waals surface area (Å²) >= 11 is 0. The maximum atomic E-state index is 4.38. The van der Waals surface area contributed by atoms with E-state index in [0.717, 1.165) is 12.1 Å². The topological polar surface area (TPSA) is 9.86 Å². The predicted molar refractivity (Wildman–Crippen MR) is 228 cm³/mol. The Bertz CT molecular complexity index is 3070. The molecule has 2 aliphatic carbocycles. The second-order valence-electron chi connectivity index (χ2n) is 14.5. The second kappa shape index (κ2) is 12.1. The number of hydrogen-bond donors (Lipinski definition) is 0. The Balaban J connectivity index is 1.17. The van der Waals surface area contributed by atoms with Crippen molar-refractivity contribution < 1.29 is 0 Å². The fraction of sp³-hybridized carbons (Fsp3) is 0.0385. The summed E-state index contributed by atoms with van der Waals surface area (Å²) in [7, 11) is 0. The molecule has 0 amide bonds. The van der Waals surface area contributed by atoms with E-state index in [4.69, 9.17) is 0 Å². The molecule has 1 unspecified atom stereocenters. The van der Waals surface area contributed by atoms with Gasteiger partial charge < -0.3 is 9.13 Å². The first-order valence-electron chi connectivity index (χ1n) is 18.8. The van der Waals surface area contributed by atoms with E-state index in [1.54, 1.807) is 0 Å². The Labute approximate surface area is 314 Å². The van der Waals surface area contributed by atoms with E-state index < -0.39 is 0 Å². The van der Waals surface area contributed by atoms with Gasteiger partial charge in [-0.3, -0.25) is 0 Å². The molecule has 0 bridgehead atoms. The number of fused-ring (bicyclic) bond motifs is 9. The first-order chi connectivity index (χ1) is 26.8. The second-order valence-corrected chi connectivity index (χ2v) is 14.5. The number of rotatable bonds is 5. The van der Waals surface area contributed by atoms with Gasteiger partial charge in [0.1, 0.15) is 0 Å². The van der Waals surface area contributed by atoms with Crippen molar-refractivity contribution in [1.82, 2.24) is 9.13 Å². The monoisotopic (exact) mass is 688 g/mol. The largest absolute Gasteiger partial charge is 0.309 e. The van der Waals surface area contributed by atoms with Crippen LogP contribution >= 0.6 is 0 Å². The molecule has 0 radical (unpaired) electrons. The van der Waals surface area contributed by atoms with Crippen molar-refractivity contribution in [3.8, 4) is 27.9 Å². The van der Waals surface area contributed by atoms with Gasteiger partial charge in [0.2, 0.25) is 0 Å². The minimum Gasteiger partial charge on any atom is -0.309 e. The van der Waals surface area contributed by atoms with Crippen molar-refractivity contribution in [2.75, 3.05) is 0 Å². The van der Waals surface area contributed by atoms with Gasteiger partial charge in [-0.2, -0.15) is 0 Å². The summed E-state index contributed by atoms with van der Waals surface area (Å²) in [5.41, 5.74) is 17.5. The fourth-order valence-corrected chi connectivity index (χ4v) is 9.24. The zero-order valence-corrected chi connectivity index (χ0v) is 29.8. The van der Waals surface area contributed by atoms with Crippen molar-refractivity contribution >= 4 is 49.3 Å². The molecule has 9 aromatic rings. The quantitative estimate of drug-likeness (QED) is 0.170. The first kappa shape index (κ1) is 30.7. The minimum absolute atomic E-state index is 0.172. The molecule has 0 aliphatic heterocycles. The molecule has 2 aliphatic rings. The van der Waals surface area contributed by atoms with Crippen LogP contribution in [0.5, 0.6) is 0 Å². The molecule has 54 heavy (non-hydrogen) atoms. The Hall–Kier alpha value is -6.90. The summed E-state index contributed by atoms with van der Waals surface area (Å²) in [5.74, 6) is 0.172. The van der Waals surface area contributed by atoms with Crippen molar-refractivity contribution in [2.24, 2.45) is 0 Å². The maximum Gasteiger partial charge on any atom is 0.0544 e. The molecule has 1 atom stereocenters. The van der Waals surface area contributed by atoms with Crippen LogP contribution in [-0.4, -0.2) is 9.13 Å². The molecule has 0 saturated carbocycles. The van der Waals surface area contributed by atoms with E-state index in [0.29, 0.717) is 0 Å². The van der Waals surface area contributed by atoms with Gasteiger partial charge in [0.05, 0.1) is 22.1 Å². The van der Waals surface area contributed by atoms with Gasteiger partial charge in [-0.1, -0.05) is 134 Å². The Kier molecular flexibility index (Phi) is 6.87. The summed E-state index contributed by atoms with van der Waals surface area (Å²) < 4.78 is 4.84. The van der Waals surface area contributed by atoms with E-state index in [9.17, 15) is 0 Å². The Morgan fingerprint density at radius 1 is 0.537 bits per heavy atom. The normalized spacial score (nSPS) is 15.7. The highest BCUT2D eigenvalue weighted by atomic mass is 15.0. The van der Waals surface area contributed by atoms with Gasteiger partial charge >= 0.3 is 0 Å². The molecular formula is C52H36N2. The van der Waals surface area contributed by atoms with Crippen LogP contribution in [0, 0.1) is 0 Å². The number of nitrogens with zero attached hydrogens (tertiary/aromatic N) is 2. The molecule has 2 heteroatoms. The molecule has 0 N–H and O–H groups in total. The van der Waals surface area contributed by atoms with Gasteiger partial charge in [-0.25, -0.2) is 0 Å². The van der Waals surface area contributed by atoms with Crippen LogP contribution in [-0.2, 0) is 0 Å². The molecule has 2 nitrogen and oxygen atoms in total. The standard InChI is InChI=1S/C52H36N2/c1-2-47(34-16-6-3-7-17-34)54-50-29-27-37(36-26-28-49-43(30-36)40-23-14-15-25-48(40)53(49)38-20-10-5-11-21-38)31-44(50)45-32-42-39-22-12-13-24-41(39)52(46(42)33-51(45)54)35-18-8-4-9-19-35/h2-16,18-33,52H,1,17H2/b47-34+. The highest BCUT2D eigenvalue weighted by Gasteiger charge is 2.31. The molecule has 0 spiro atoms. The van der Waals surface area contributed by atoms with Crippen molar-refractivity contribution in [1.29, 1.82) is 0 Å². The summed E-state index contributed by atoms with van der Waals surface area (Å²) in [6.07, 6.45) is 11.6. The van der Waals surface area contributed by atoms with Crippen LogP contribution in [0.15, 0.2) is 200 Å². The smallest absolute Gasteiger partial charge is 0.0544 e. The van der Waals surface area contributed by atoms with Crippen LogP contribution in [0.25, 0.3) is 77.2 Å². The lowest BCUT2D eigenvalue weighted by Crippen LogP contribution is -2.01. The summed E-state index contributed by atoms with van der Waals surface area (Å²) in [5, 5.41) is 5.01. The van der Waals surface area contributed by atoms with Crippen molar-refractivity contribution in [2.45, 2.75) is 12.3 Å².